The maximum atomic E-state index is 13.3. The molecule has 1 aliphatic rings. The van der Waals surface area contributed by atoms with Crippen molar-refractivity contribution in [3.63, 3.8) is 0 Å². The maximum Gasteiger partial charge on any atom is 0.275 e. The average Bonchev–Trinajstić information content (AvgIpc) is 3.38. The molecule has 3 aromatic rings. The van der Waals surface area contributed by atoms with Gasteiger partial charge in [0.2, 0.25) is 0 Å². The van der Waals surface area contributed by atoms with Gasteiger partial charge in [0.05, 0.1) is 10.00 Å². The Balaban J connectivity index is 1.34. The van der Waals surface area contributed by atoms with Gasteiger partial charge in [-0.05, 0) is 55.9 Å². The molecule has 0 unspecified atom stereocenters. The van der Waals surface area contributed by atoms with Crippen LogP contribution in [0, 0.1) is 5.82 Å². The van der Waals surface area contributed by atoms with E-state index in [1.165, 1.54) is 12.1 Å². The van der Waals surface area contributed by atoms with Gasteiger partial charge >= 0.3 is 0 Å². The molecule has 1 aromatic heterocycles. The van der Waals surface area contributed by atoms with Crippen molar-refractivity contribution >= 4 is 40.1 Å². The molecule has 1 saturated heterocycles. The van der Waals surface area contributed by atoms with Gasteiger partial charge in [0.15, 0.2) is 0 Å². The number of rotatable bonds is 9. The molecule has 1 amide bonds. The van der Waals surface area contributed by atoms with Crippen molar-refractivity contribution in [2.24, 2.45) is 0 Å². The van der Waals surface area contributed by atoms with Gasteiger partial charge < -0.3 is 15.0 Å². The van der Waals surface area contributed by atoms with Crippen LogP contribution in [0.3, 0.4) is 0 Å². The Hall–Kier alpha value is -2.68. The third-order valence-electron chi connectivity index (χ3n) is 6.27. The fraction of sp³-hybridized carbons (Fsp3) is 0.370. The number of amides is 1. The second-order valence-corrected chi connectivity index (χ2v) is 10.0. The van der Waals surface area contributed by atoms with Crippen molar-refractivity contribution < 1.29 is 13.9 Å². The standard InChI is InChI=1S/C27H30FN3O2S2/c1-33-17-5-4-8-25(34)31-15-13-20(14-16-31)27-30-24(18-35-27)26(32)29-23-7-3-2-6-22(23)19-9-11-21(28)12-10-19/h2-3,6-7,9-12,18,20H,4-5,8,13-17H2,1H3,(H,29,32). The molecule has 35 heavy (non-hydrogen) atoms. The maximum absolute atomic E-state index is 13.3. The number of hydrogen-bond acceptors (Lipinski definition) is 5. The first-order valence-electron chi connectivity index (χ1n) is 11.9. The average molecular weight is 512 g/mol. The fourth-order valence-corrected chi connectivity index (χ4v) is 5.59. The number of aromatic nitrogens is 1. The third kappa shape index (κ3) is 6.72. The van der Waals surface area contributed by atoms with E-state index in [4.69, 9.17) is 17.0 Å². The van der Waals surface area contributed by atoms with E-state index in [2.05, 4.69) is 15.2 Å². The quantitative estimate of drug-likeness (QED) is 0.262. The van der Waals surface area contributed by atoms with Crippen LogP contribution < -0.4 is 5.32 Å². The van der Waals surface area contributed by atoms with E-state index in [1.807, 2.05) is 29.6 Å². The highest BCUT2D eigenvalue weighted by Crippen LogP contribution is 2.32. The Morgan fingerprint density at radius 2 is 1.91 bits per heavy atom. The van der Waals surface area contributed by atoms with Gasteiger partial charge in [-0.3, -0.25) is 4.79 Å². The molecular formula is C27H30FN3O2S2. The SMILES string of the molecule is COCCCCC(=S)N1CCC(c2nc(C(=O)Nc3ccccc3-c3ccc(F)cc3)cs2)CC1. The van der Waals surface area contributed by atoms with Gasteiger partial charge in [-0.15, -0.1) is 11.3 Å². The first-order chi connectivity index (χ1) is 17.0. The Bertz CT molecular complexity index is 1140. The molecule has 0 aliphatic carbocycles. The van der Waals surface area contributed by atoms with E-state index >= 15 is 0 Å². The second kappa shape index (κ2) is 12.3. The highest BCUT2D eigenvalue weighted by molar-refractivity contribution is 7.80. The molecule has 1 aliphatic heterocycles. The zero-order chi connectivity index (χ0) is 24.6. The van der Waals surface area contributed by atoms with Crippen LogP contribution in [-0.4, -0.2) is 47.6 Å². The van der Waals surface area contributed by atoms with E-state index in [1.54, 1.807) is 30.6 Å². The van der Waals surface area contributed by atoms with Gasteiger partial charge in [-0.1, -0.05) is 42.5 Å². The summed E-state index contributed by atoms with van der Waals surface area (Å²) in [6.07, 6.45) is 5.00. The molecule has 5 nitrogen and oxygen atoms in total. The number of unbranched alkanes of at least 4 members (excludes halogenated alkanes) is 1. The van der Waals surface area contributed by atoms with Crippen LogP contribution in [0.2, 0.25) is 0 Å². The molecule has 0 spiro atoms. The Morgan fingerprint density at radius 1 is 1.17 bits per heavy atom. The van der Waals surface area contributed by atoms with Gasteiger partial charge in [0.25, 0.3) is 5.91 Å². The van der Waals surface area contributed by atoms with Gasteiger partial charge in [0, 0.05) is 49.4 Å². The molecule has 0 saturated carbocycles. The number of carbonyl (C=O) groups excluding carboxylic acids is 1. The van der Waals surface area contributed by atoms with Gasteiger partial charge in [-0.25, -0.2) is 9.37 Å². The number of halogens is 1. The number of methoxy groups -OCH3 is 1. The summed E-state index contributed by atoms with van der Waals surface area (Å²) in [4.78, 5) is 21.0. The summed E-state index contributed by atoms with van der Waals surface area (Å²) in [5.41, 5.74) is 2.77. The number of thiazole rings is 1. The lowest BCUT2D eigenvalue weighted by molar-refractivity contribution is 0.102. The molecule has 0 radical (unpaired) electrons. The molecule has 8 heteroatoms. The predicted molar refractivity (Wildman–Crippen MR) is 144 cm³/mol. The molecule has 184 valence electrons. The number of piperidine rings is 1. The lowest BCUT2D eigenvalue weighted by Crippen LogP contribution is -2.36. The van der Waals surface area contributed by atoms with Crippen LogP contribution in [0.5, 0.6) is 0 Å². The Labute approximate surface area is 215 Å². The minimum absolute atomic E-state index is 0.239. The predicted octanol–water partition coefficient (Wildman–Crippen LogP) is 6.53. The zero-order valence-corrected chi connectivity index (χ0v) is 21.5. The molecule has 2 aromatic carbocycles. The summed E-state index contributed by atoms with van der Waals surface area (Å²) in [7, 11) is 1.73. The third-order valence-corrected chi connectivity index (χ3v) is 7.74. The normalized spacial score (nSPS) is 14.2. The van der Waals surface area contributed by atoms with E-state index in [0.29, 0.717) is 17.3 Å². The largest absolute Gasteiger partial charge is 0.385 e. The van der Waals surface area contributed by atoms with Crippen molar-refractivity contribution in [1.29, 1.82) is 0 Å². The van der Waals surface area contributed by atoms with Crippen molar-refractivity contribution in [1.82, 2.24) is 9.88 Å². The number of anilines is 1. The zero-order valence-electron chi connectivity index (χ0n) is 19.8. The number of hydrogen-bond donors (Lipinski definition) is 1. The highest BCUT2D eigenvalue weighted by Gasteiger charge is 2.25. The lowest BCUT2D eigenvalue weighted by atomic mass is 9.97. The summed E-state index contributed by atoms with van der Waals surface area (Å²) in [6.45, 7) is 2.64. The van der Waals surface area contributed by atoms with Crippen LogP contribution >= 0.6 is 23.6 Å². The minimum Gasteiger partial charge on any atom is -0.385 e. The fourth-order valence-electron chi connectivity index (χ4n) is 4.30. The molecule has 0 atom stereocenters. The highest BCUT2D eigenvalue weighted by atomic mass is 32.1. The molecule has 2 heterocycles. The van der Waals surface area contributed by atoms with Crippen LogP contribution in [-0.2, 0) is 4.74 Å². The summed E-state index contributed by atoms with van der Waals surface area (Å²) in [6, 6.07) is 13.8. The Kier molecular flexibility index (Phi) is 8.95. The van der Waals surface area contributed by atoms with E-state index in [9.17, 15) is 9.18 Å². The van der Waals surface area contributed by atoms with Crippen LogP contribution in [0.4, 0.5) is 10.1 Å². The number of nitrogens with zero attached hydrogens (tertiary/aromatic N) is 2. The van der Waals surface area contributed by atoms with Crippen molar-refractivity contribution in [2.45, 2.75) is 38.0 Å². The number of likely N-dealkylation sites (tertiary alicyclic amines) is 1. The molecule has 0 bridgehead atoms. The van der Waals surface area contributed by atoms with Crippen molar-refractivity contribution in [3.05, 3.63) is 70.4 Å². The number of carbonyl (C=O) groups is 1. The van der Waals surface area contributed by atoms with Crippen LogP contribution in [0.15, 0.2) is 53.9 Å². The van der Waals surface area contributed by atoms with Crippen molar-refractivity contribution in [2.75, 3.05) is 32.1 Å². The van der Waals surface area contributed by atoms with Crippen LogP contribution in [0.25, 0.3) is 11.1 Å². The monoisotopic (exact) mass is 511 g/mol. The number of thiocarbonyl (C=S) groups is 1. The summed E-state index contributed by atoms with van der Waals surface area (Å²) >= 11 is 7.18. The lowest BCUT2D eigenvalue weighted by Gasteiger charge is -2.33. The number of nitrogens with one attached hydrogen (secondary N) is 1. The molecule has 1 N–H and O–H groups in total. The van der Waals surface area contributed by atoms with Gasteiger partial charge in [-0.2, -0.15) is 0 Å². The van der Waals surface area contributed by atoms with Gasteiger partial charge in [0.1, 0.15) is 11.5 Å². The van der Waals surface area contributed by atoms with Crippen LogP contribution in [0.1, 0.15) is 53.5 Å². The van der Waals surface area contributed by atoms with Crippen molar-refractivity contribution in [3.8, 4) is 11.1 Å². The molecule has 1 fully saturated rings. The number of benzene rings is 2. The first kappa shape index (κ1) is 25.4. The first-order valence-corrected chi connectivity index (χ1v) is 13.2. The molecular weight excluding hydrogens is 481 g/mol. The minimum atomic E-state index is -0.292. The number of para-hydroxylation sites is 1. The molecule has 4 rings (SSSR count). The summed E-state index contributed by atoms with van der Waals surface area (Å²) in [5.74, 6) is -0.183. The smallest absolute Gasteiger partial charge is 0.275 e. The van der Waals surface area contributed by atoms with E-state index in [0.717, 1.165) is 72.9 Å². The Morgan fingerprint density at radius 3 is 2.66 bits per heavy atom. The topological polar surface area (TPSA) is 54.5 Å². The van der Waals surface area contributed by atoms with E-state index in [-0.39, 0.29) is 11.7 Å². The summed E-state index contributed by atoms with van der Waals surface area (Å²) < 4.78 is 18.4. The second-order valence-electron chi connectivity index (χ2n) is 8.68. The summed E-state index contributed by atoms with van der Waals surface area (Å²) in [5, 5.41) is 5.82. The van der Waals surface area contributed by atoms with E-state index < -0.39 is 0 Å². The number of ether oxygens (including phenoxy) is 1.